The van der Waals surface area contributed by atoms with E-state index in [4.69, 9.17) is 0 Å². The van der Waals surface area contributed by atoms with Crippen LogP contribution in [0, 0.1) is 12.3 Å². The Morgan fingerprint density at radius 3 is 2.92 bits per heavy atom. The minimum atomic E-state index is 0.180. The number of carbonyl (C=O) groups is 1. The molecule has 0 N–H and O–H groups in total. The molecule has 1 spiro atoms. The predicted molar refractivity (Wildman–Crippen MR) is 102 cm³/mol. The Labute approximate surface area is 155 Å². The van der Waals surface area contributed by atoms with Crippen molar-refractivity contribution in [1.29, 1.82) is 0 Å². The second-order valence-corrected chi connectivity index (χ2v) is 7.83. The molecular formula is C21H26N4O. The Morgan fingerprint density at radius 2 is 2.12 bits per heavy atom. The van der Waals surface area contributed by atoms with Crippen molar-refractivity contribution in [3.63, 3.8) is 0 Å². The van der Waals surface area contributed by atoms with Crippen LogP contribution in [0.5, 0.6) is 0 Å². The second-order valence-electron chi connectivity index (χ2n) is 7.83. The molecule has 2 aromatic rings. The third-order valence-electron chi connectivity index (χ3n) is 5.73. The highest BCUT2D eigenvalue weighted by molar-refractivity contribution is 5.77. The molecule has 2 aliphatic heterocycles. The summed E-state index contributed by atoms with van der Waals surface area (Å²) in [5, 5.41) is 0. The predicted octanol–water partition coefficient (Wildman–Crippen LogP) is 3.19. The van der Waals surface area contributed by atoms with E-state index in [0.717, 1.165) is 43.9 Å². The molecule has 5 heteroatoms. The van der Waals surface area contributed by atoms with Gasteiger partial charge in [0.05, 0.1) is 0 Å². The Kier molecular flexibility index (Phi) is 4.62. The number of carbonyl (C=O) groups excluding carboxylic acids is 1. The lowest BCUT2D eigenvalue weighted by Crippen LogP contribution is -2.54. The SMILES string of the molecule is Cc1ccnc(N2CCCC3(CCC(=O)N(Cc4cccnc4)C3)C2)c1. The van der Waals surface area contributed by atoms with Gasteiger partial charge in [-0.15, -0.1) is 0 Å². The number of piperidine rings is 2. The fourth-order valence-electron chi connectivity index (χ4n) is 4.39. The molecule has 2 aliphatic rings. The summed E-state index contributed by atoms with van der Waals surface area (Å²) >= 11 is 0. The normalized spacial score (nSPS) is 23.5. The van der Waals surface area contributed by atoms with Crippen molar-refractivity contribution in [3.05, 3.63) is 54.0 Å². The van der Waals surface area contributed by atoms with Crippen molar-refractivity contribution in [2.45, 2.75) is 39.2 Å². The van der Waals surface area contributed by atoms with Gasteiger partial charge in [-0.2, -0.15) is 0 Å². The molecule has 136 valence electrons. The highest BCUT2D eigenvalue weighted by Crippen LogP contribution is 2.40. The van der Waals surface area contributed by atoms with Gasteiger partial charge in [-0.3, -0.25) is 9.78 Å². The van der Waals surface area contributed by atoms with Crippen molar-refractivity contribution in [3.8, 4) is 0 Å². The van der Waals surface area contributed by atoms with Gasteiger partial charge in [0.25, 0.3) is 0 Å². The van der Waals surface area contributed by atoms with E-state index in [0.29, 0.717) is 13.0 Å². The molecule has 0 aromatic carbocycles. The molecule has 2 fully saturated rings. The summed E-state index contributed by atoms with van der Waals surface area (Å²) in [5.74, 6) is 1.34. The fraction of sp³-hybridized carbons (Fsp3) is 0.476. The van der Waals surface area contributed by atoms with Gasteiger partial charge in [-0.1, -0.05) is 6.07 Å². The number of hydrogen-bond donors (Lipinski definition) is 0. The monoisotopic (exact) mass is 350 g/mol. The van der Waals surface area contributed by atoms with Gasteiger partial charge >= 0.3 is 0 Å². The Morgan fingerprint density at radius 1 is 1.19 bits per heavy atom. The van der Waals surface area contributed by atoms with Gasteiger partial charge in [0.2, 0.25) is 5.91 Å². The standard InChI is InChI=1S/C21H26N4O/c1-17-6-10-23-19(12-17)24-11-3-7-21(15-24)8-5-20(26)25(16-21)14-18-4-2-9-22-13-18/h2,4,6,9-10,12-13H,3,5,7-8,11,14-16H2,1H3. The zero-order chi connectivity index (χ0) is 18.0. The Bertz CT molecular complexity index is 779. The molecule has 1 unspecified atom stereocenters. The summed E-state index contributed by atoms with van der Waals surface area (Å²) in [6, 6.07) is 8.19. The first kappa shape index (κ1) is 17.0. The molecule has 0 radical (unpaired) electrons. The lowest BCUT2D eigenvalue weighted by Gasteiger charge is -2.48. The lowest BCUT2D eigenvalue weighted by molar-refractivity contribution is -0.138. The third-order valence-corrected chi connectivity index (χ3v) is 5.73. The quantitative estimate of drug-likeness (QED) is 0.853. The van der Waals surface area contributed by atoms with E-state index in [1.165, 1.54) is 12.0 Å². The van der Waals surface area contributed by atoms with Crippen LogP contribution < -0.4 is 4.90 Å². The molecule has 5 nitrogen and oxygen atoms in total. The number of likely N-dealkylation sites (tertiary alicyclic amines) is 1. The summed E-state index contributed by atoms with van der Waals surface area (Å²) in [6.07, 6.45) is 9.50. The first-order chi connectivity index (χ1) is 12.6. The average molecular weight is 350 g/mol. The van der Waals surface area contributed by atoms with Crippen LogP contribution in [-0.2, 0) is 11.3 Å². The Hall–Kier alpha value is -2.43. The highest BCUT2D eigenvalue weighted by atomic mass is 16.2. The van der Waals surface area contributed by atoms with E-state index in [1.807, 2.05) is 35.5 Å². The number of nitrogens with zero attached hydrogens (tertiary/aromatic N) is 4. The van der Waals surface area contributed by atoms with E-state index in [1.54, 1.807) is 6.20 Å². The zero-order valence-electron chi connectivity index (χ0n) is 15.4. The zero-order valence-corrected chi connectivity index (χ0v) is 15.4. The van der Waals surface area contributed by atoms with Gasteiger partial charge in [-0.05, 0) is 55.5 Å². The summed E-state index contributed by atoms with van der Waals surface area (Å²) in [6.45, 7) is 5.65. The lowest BCUT2D eigenvalue weighted by atomic mass is 9.73. The molecule has 0 saturated carbocycles. The molecule has 4 heterocycles. The maximum atomic E-state index is 12.5. The average Bonchev–Trinajstić information content (AvgIpc) is 2.66. The van der Waals surface area contributed by atoms with Crippen LogP contribution in [0.25, 0.3) is 0 Å². The van der Waals surface area contributed by atoms with Crippen LogP contribution in [0.15, 0.2) is 42.9 Å². The summed E-state index contributed by atoms with van der Waals surface area (Å²) in [4.78, 5) is 25.7. The van der Waals surface area contributed by atoms with Crippen molar-refractivity contribution in [1.82, 2.24) is 14.9 Å². The molecule has 4 rings (SSSR count). The molecule has 0 aliphatic carbocycles. The number of rotatable bonds is 3. The molecule has 2 saturated heterocycles. The minimum absolute atomic E-state index is 0.180. The van der Waals surface area contributed by atoms with Crippen LogP contribution in [0.2, 0.25) is 0 Å². The summed E-state index contributed by atoms with van der Waals surface area (Å²) in [7, 11) is 0. The van der Waals surface area contributed by atoms with Gasteiger partial charge in [0, 0.05) is 56.6 Å². The fourth-order valence-corrected chi connectivity index (χ4v) is 4.39. The maximum absolute atomic E-state index is 12.5. The topological polar surface area (TPSA) is 49.3 Å². The van der Waals surface area contributed by atoms with E-state index in [9.17, 15) is 4.79 Å². The van der Waals surface area contributed by atoms with Crippen molar-refractivity contribution < 1.29 is 4.79 Å². The van der Waals surface area contributed by atoms with Crippen LogP contribution in [-0.4, -0.2) is 40.4 Å². The largest absolute Gasteiger partial charge is 0.356 e. The molecular weight excluding hydrogens is 324 g/mol. The number of pyridine rings is 2. The molecule has 26 heavy (non-hydrogen) atoms. The van der Waals surface area contributed by atoms with Crippen LogP contribution in [0.4, 0.5) is 5.82 Å². The third kappa shape index (κ3) is 3.57. The van der Waals surface area contributed by atoms with Gasteiger partial charge in [0.1, 0.15) is 5.82 Å². The summed E-state index contributed by atoms with van der Waals surface area (Å²) < 4.78 is 0. The molecule has 1 amide bonds. The number of aryl methyl sites for hydroxylation is 1. The summed E-state index contributed by atoms with van der Waals surface area (Å²) in [5.41, 5.74) is 2.53. The second kappa shape index (κ2) is 7.06. The van der Waals surface area contributed by atoms with Gasteiger partial charge in [-0.25, -0.2) is 4.98 Å². The smallest absolute Gasteiger partial charge is 0.222 e. The number of hydrogen-bond acceptors (Lipinski definition) is 4. The van der Waals surface area contributed by atoms with Gasteiger partial charge in [0.15, 0.2) is 0 Å². The van der Waals surface area contributed by atoms with Crippen molar-refractivity contribution in [2.75, 3.05) is 24.5 Å². The van der Waals surface area contributed by atoms with Crippen molar-refractivity contribution in [2.24, 2.45) is 5.41 Å². The van der Waals surface area contributed by atoms with E-state index < -0.39 is 0 Å². The number of anilines is 1. The first-order valence-corrected chi connectivity index (χ1v) is 9.48. The minimum Gasteiger partial charge on any atom is -0.356 e. The van der Waals surface area contributed by atoms with Crippen LogP contribution in [0.3, 0.4) is 0 Å². The number of aromatic nitrogens is 2. The molecule has 2 aromatic heterocycles. The number of amides is 1. The van der Waals surface area contributed by atoms with E-state index in [2.05, 4.69) is 27.9 Å². The van der Waals surface area contributed by atoms with Gasteiger partial charge < -0.3 is 9.80 Å². The van der Waals surface area contributed by atoms with E-state index in [-0.39, 0.29) is 11.3 Å². The Balaban J connectivity index is 1.51. The van der Waals surface area contributed by atoms with Crippen LogP contribution in [0.1, 0.15) is 36.8 Å². The van der Waals surface area contributed by atoms with Crippen molar-refractivity contribution >= 4 is 11.7 Å². The van der Waals surface area contributed by atoms with E-state index >= 15 is 0 Å². The van der Waals surface area contributed by atoms with Crippen LogP contribution >= 0.6 is 0 Å². The highest BCUT2D eigenvalue weighted by Gasteiger charge is 2.42. The first-order valence-electron chi connectivity index (χ1n) is 9.48. The molecule has 0 bridgehead atoms. The maximum Gasteiger partial charge on any atom is 0.222 e. The molecule has 1 atom stereocenters.